The number of hydrogen-bond donors (Lipinski definition) is 2. The molecule has 0 bridgehead atoms. The Labute approximate surface area is 115 Å². The largest absolute Gasteiger partial charge is 0.508 e. The van der Waals surface area contributed by atoms with Crippen LogP contribution in [0, 0.1) is 5.82 Å². The number of carbonyl (C=O) groups is 1. The van der Waals surface area contributed by atoms with Gasteiger partial charge >= 0.3 is 0 Å². The Morgan fingerprint density at radius 1 is 1.15 bits per heavy atom. The van der Waals surface area contributed by atoms with Crippen LogP contribution in [-0.2, 0) is 4.79 Å². The first-order chi connectivity index (χ1) is 9.65. The molecular formula is C15H12FNO3. The van der Waals surface area contributed by atoms with Crippen LogP contribution in [0.15, 0.2) is 60.9 Å². The fourth-order valence-corrected chi connectivity index (χ4v) is 1.44. The van der Waals surface area contributed by atoms with Crippen LogP contribution in [0.3, 0.4) is 0 Å². The smallest absolute Gasteiger partial charge is 0.251 e. The first-order valence-electron chi connectivity index (χ1n) is 5.83. The van der Waals surface area contributed by atoms with Crippen molar-refractivity contribution in [1.29, 1.82) is 0 Å². The lowest BCUT2D eigenvalue weighted by atomic mass is 10.3. The van der Waals surface area contributed by atoms with Gasteiger partial charge in [0.05, 0.1) is 11.9 Å². The zero-order valence-corrected chi connectivity index (χ0v) is 10.4. The van der Waals surface area contributed by atoms with Gasteiger partial charge in [0.15, 0.2) is 0 Å². The average molecular weight is 273 g/mol. The predicted octanol–water partition coefficient (Wildman–Crippen LogP) is 3.06. The van der Waals surface area contributed by atoms with E-state index in [-0.39, 0.29) is 11.4 Å². The van der Waals surface area contributed by atoms with Gasteiger partial charge in [0.1, 0.15) is 17.3 Å². The van der Waals surface area contributed by atoms with Crippen LogP contribution in [0.4, 0.5) is 10.1 Å². The minimum Gasteiger partial charge on any atom is -0.508 e. The lowest BCUT2D eigenvalue weighted by molar-refractivity contribution is -0.112. The van der Waals surface area contributed by atoms with Crippen LogP contribution in [0.25, 0.3) is 0 Å². The Morgan fingerprint density at radius 2 is 1.85 bits per heavy atom. The molecule has 2 aromatic carbocycles. The Bertz CT molecular complexity index is 623. The predicted molar refractivity (Wildman–Crippen MR) is 72.9 cm³/mol. The molecule has 0 aliphatic carbocycles. The molecule has 0 unspecified atom stereocenters. The number of benzene rings is 2. The highest BCUT2D eigenvalue weighted by Gasteiger charge is 2.02. The number of carbonyl (C=O) groups excluding carboxylic acids is 1. The van der Waals surface area contributed by atoms with Gasteiger partial charge < -0.3 is 15.2 Å². The summed E-state index contributed by atoms with van der Waals surface area (Å²) in [6, 6.07) is 11.9. The number of anilines is 1. The summed E-state index contributed by atoms with van der Waals surface area (Å²) in [6.07, 6.45) is 2.32. The van der Waals surface area contributed by atoms with Gasteiger partial charge in [0.25, 0.3) is 5.91 Å². The number of phenolic OH excluding ortho intramolecular Hbond substituents is 1. The van der Waals surface area contributed by atoms with E-state index in [9.17, 15) is 9.18 Å². The summed E-state index contributed by atoms with van der Waals surface area (Å²) in [7, 11) is 0. The molecule has 0 heterocycles. The second-order valence-corrected chi connectivity index (χ2v) is 3.88. The molecule has 0 saturated heterocycles. The Morgan fingerprint density at radius 3 is 2.55 bits per heavy atom. The fourth-order valence-electron chi connectivity index (χ4n) is 1.44. The molecule has 0 spiro atoms. The molecule has 0 fully saturated rings. The van der Waals surface area contributed by atoms with E-state index >= 15 is 0 Å². The molecule has 0 aliphatic heterocycles. The quantitative estimate of drug-likeness (QED) is 0.665. The number of nitrogens with one attached hydrogen (secondary N) is 1. The SMILES string of the molecule is O=C(/C=C/Oc1ccc(O)cc1)Nc1ccccc1F. The van der Waals surface area contributed by atoms with Gasteiger partial charge in [-0.2, -0.15) is 0 Å². The van der Waals surface area contributed by atoms with E-state index < -0.39 is 11.7 Å². The third-order valence-corrected chi connectivity index (χ3v) is 2.39. The highest BCUT2D eigenvalue weighted by molar-refractivity contribution is 5.99. The van der Waals surface area contributed by atoms with Crippen LogP contribution in [0.1, 0.15) is 0 Å². The van der Waals surface area contributed by atoms with E-state index in [0.717, 1.165) is 6.08 Å². The van der Waals surface area contributed by atoms with E-state index in [4.69, 9.17) is 9.84 Å². The summed E-state index contributed by atoms with van der Waals surface area (Å²) in [5, 5.41) is 11.5. The van der Waals surface area contributed by atoms with Crippen molar-refractivity contribution in [2.24, 2.45) is 0 Å². The number of halogens is 1. The van der Waals surface area contributed by atoms with Crippen molar-refractivity contribution in [3.05, 3.63) is 66.7 Å². The lowest BCUT2D eigenvalue weighted by Gasteiger charge is -2.03. The Balaban J connectivity index is 1.90. The van der Waals surface area contributed by atoms with Crippen molar-refractivity contribution >= 4 is 11.6 Å². The van der Waals surface area contributed by atoms with Crippen molar-refractivity contribution in [3.63, 3.8) is 0 Å². The van der Waals surface area contributed by atoms with Crippen molar-refractivity contribution in [3.8, 4) is 11.5 Å². The lowest BCUT2D eigenvalue weighted by Crippen LogP contribution is -2.09. The summed E-state index contributed by atoms with van der Waals surface area (Å²) in [5.41, 5.74) is 0.104. The molecule has 0 radical (unpaired) electrons. The highest BCUT2D eigenvalue weighted by Crippen LogP contribution is 2.16. The second kappa shape index (κ2) is 6.38. The third-order valence-electron chi connectivity index (χ3n) is 2.39. The summed E-state index contributed by atoms with van der Waals surface area (Å²) < 4.78 is 18.4. The summed E-state index contributed by atoms with van der Waals surface area (Å²) in [5.74, 6) is -0.418. The van der Waals surface area contributed by atoms with Gasteiger partial charge in [-0.1, -0.05) is 12.1 Å². The molecule has 0 atom stereocenters. The Hall–Kier alpha value is -2.82. The van der Waals surface area contributed by atoms with Crippen LogP contribution in [0.2, 0.25) is 0 Å². The molecule has 4 nitrogen and oxygen atoms in total. The van der Waals surface area contributed by atoms with Gasteiger partial charge in [0, 0.05) is 6.08 Å². The second-order valence-electron chi connectivity index (χ2n) is 3.88. The number of hydrogen-bond acceptors (Lipinski definition) is 3. The van der Waals surface area contributed by atoms with Crippen LogP contribution < -0.4 is 10.1 Å². The molecule has 0 aromatic heterocycles. The van der Waals surface area contributed by atoms with Gasteiger partial charge in [-0.25, -0.2) is 4.39 Å². The maximum atomic E-state index is 13.3. The molecule has 2 aromatic rings. The van der Waals surface area contributed by atoms with Crippen molar-refractivity contribution in [2.45, 2.75) is 0 Å². The molecule has 5 heteroatoms. The first kappa shape index (κ1) is 13.6. The van der Waals surface area contributed by atoms with E-state index in [2.05, 4.69) is 5.32 Å². The molecule has 0 aliphatic rings. The zero-order chi connectivity index (χ0) is 14.4. The standard InChI is InChI=1S/C15H12FNO3/c16-13-3-1-2-4-14(13)17-15(19)9-10-20-12-7-5-11(18)6-8-12/h1-10,18H,(H,17,19)/b10-9+. The maximum absolute atomic E-state index is 13.3. The zero-order valence-electron chi connectivity index (χ0n) is 10.4. The number of amides is 1. The van der Waals surface area contributed by atoms with Crippen molar-refractivity contribution < 1.29 is 19.0 Å². The summed E-state index contributed by atoms with van der Waals surface area (Å²) in [6.45, 7) is 0. The van der Waals surface area contributed by atoms with Crippen molar-refractivity contribution in [1.82, 2.24) is 0 Å². The molecule has 20 heavy (non-hydrogen) atoms. The van der Waals surface area contributed by atoms with E-state index in [1.54, 1.807) is 18.2 Å². The number of phenols is 1. The Kier molecular flexibility index (Phi) is 4.34. The topological polar surface area (TPSA) is 58.6 Å². The minimum atomic E-state index is -0.506. The van der Waals surface area contributed by atoms with Gasteiger partial charge in [-0.15, -0.1) is 0 Å². The van der Waals surface area contributed by atoms with Gasteiger partial charge in [-0.3, -0.25) is 4.79 Å². The minimum absolute atomic E-state index is 0.104. The first-order valence-corrected chi connectivity index (χ1v) is 5.83. The van der Waals surface area contributed by atoms with Crippen molar-refractivity contribution in [2.75, 3.05) is 5.32 Å². The monoisotopic (exact) mass is 273 g/mol. The van der Waals surface area contributed by atoms with Crippen LogP contribution >= 0.6 is 0 Å². The number of rotatable bonds is 4. The normalized spacial score (nSPS) is 10.4. The van der Waals surface area contributed by atoms with Crippen LogP contribution in [0.5, 0.6) is 11.5 Å². The molecule has 102 valence electrons. The number of aromatic hydroxyl groups is 1. The average Bonchev–Trinajstić information content (AvgIpc) is 2.44. The highest BCUT2D eigenvalue weighted by atomic mass is 19.1. The number of ether oxygens (including phenoxy) is 1. The van der Waals surface area contributed by atoms with Crippen LogP contribution in [-0.4, -0.2) is 11.0 Å². The summed E-state index contributed by atoms with van der Waals surface area (Å²) >= 11 is 0. The molecule has 2 N–H and O–H groups in total. The number of para-hydroxylation sites is 1. The fraction of sp³-hybridized carbons (Fsp3) is 0. The molecule has 2 rings (SSSR count). The molecular weight excluding hydrogens is 261 g/mol. The summed E-state index contributed by atoms with van der Waals surface area (Å²) in [4.78, 5) is 11.5. The molecule has 0 saturated carbocycles. The van der Waals surface area contributed by atoms with E-state index in [1.807, 2.05) is 0 Å². The van der Waals surface area contributed by atoms with Gasteiger partial charge in [0.2, 0.25) is 0 Å². The van der Waals surface area contributed by atoms with Gasteiger partial charge in [-0.05, 0) is 36.4 Å². The maximum Gasteiger partial charge on any atom is 0.251 e. The van der Waals surface area contributed by atoms with E-state index in [0.29, 0.717) is 5.75 Å². The molecule has 1 amide bonds. The third kappa shape index (κ3) is 3.84. The van der Waals surface area contributed by atoms with E-state index in [1.165, 1.54) is 36.6 Å².